The molecule has 1 aromatic carbocycles. The average molecular weight is 427 g/mol. The van der Waals surface area contributed by atoms with E-state index in [0.717, 1.165) is 0 Å². The van der Waals surface area contributed by atoms with E-state index in [1.807, 2.05) is 25.1 Å². The van der Waals surface area contributed by atoms with Gasteiger partial charge in [-0.25, -0.2) is 4.79 Å². The Kier molecular flexibility index (Phi) is 6.53. The van der Waals surface area contributed by atoms with E-state index in [1.54, 1.807) is 33.9 Å². The Labute approximate surface area is 182 Å². The molecule has 1 aliphatic carbocycles. The van der Waals surface area contributed by atoms with Crippen molar-refractivity contribution in [2.45, 2.75) is 46.1 Å². The van der Waals surface area contributed by atoms with Gasteiger partial charge in [0, 0.05) is 22.5 Å². The zero-order valence-corrected chi connectivity index (χ0v) is 18.8. The van der Waals surface area contributed by atoms with Crippen molar-refractivity contribution in [2.75, 3.05) is 14.2 Å². The van der Waals surface area contributed by atoms with Gasteiger partial charge in [0.2, 0.25) is 0 Å². The van der Waals surface area contributed by atoms with Crippen LogP contribution in [0.3, 0.4) is 0 Å². The lowest BCUT2D eigenvalue weighted by Gasteiger charge is -2.38. The first-order valence-electron chi connectivity index (χ1n) is 10.4. The first kappa shape index (κ1) is 22.6. The Hall–Kier alpha value is -3.09. The summed E-state index contributed by atoms with van der Waals surface area (Å²) < 4.78 is 16.0. The zero-order chi connectivity index (χ0) is 22.9. The predicted molar refractivity (Wildman–Crippen MR) is 114 cm³/mol. The minimum Gasteiger partial charge on any atom is -0.496 e. The molecule has 1 N–H and O–H groups in total. The Balaban J connectivity index is 2.23. The highest BCUT2D eigenvalue weighted by Crippen LogP contribution is 2.47. The van der Waals surface area contributed by atoms with E-state index in [-0.39, 0.29) is 17.8 Å². The number of carbonyl (C=O) groups is 3. The standard InChI is InChI=1S/C24H29NO6/c1-12(2)31-24(28)19-14(4)25-16-11-13(3)18(23(27)30-6)22(26)21(16)20(19)15-9-7-8-10-17(15)29-5/h7-10,12-13,18,20,25H,11H2,1-6H3/t13-,18+,20-/m0/s1. The summed E-state index contributed by atoms with van der Waals surface area (Å²) in [5.74, 6) is -2.75. The number of ketones is 1. The van der Waals surface area contributed by atoms with Gasteiger partial charge in [-0.1, -0.05) is 25.1 Å². The molecule has 1 aliphatic heterocycles. The van der Waals surface area contributed by atoms with Crippen molar-refractivity contribution < 1.29 is 28.6 Å². The number of allylic oxidation sites excluding steroid dienone is 3. The fraction of sp³-hybridized carbons (Fsp3) is 0.458. The maximum absolute atomic E-state index is 13.6. The third-order valence-electron chi connectivity index (χ3n) is 5.76. The molecule has 0 saturated heterocycles. The molecule has 1 heterocycles. The molecule has 7 nitrogen and oxygen atoms in total. The molecule has 2 aliphatic rings. The molecule has 0 unspecified atom stereocenters. The summed E-state index contributed by atoms with van der Waals surface area (Å²) in [6, 6.07) is 7.26. The molecule has 1 aromatic rings. The number of ether oxygens (including phenoxy) is 3. The molecule has 0 spiro atoms. The number of hydrogen-bond donors (Lipinski definition) is 1. The third-order valence-corrected chi connectivity index (χ3v) is 5.76. The SMILES string of the molecule is COC(=O)[C@H]1C(=O)C2=C(C[C@@H]1C)NC(C)=C(C(=O)OC(C)C)[C@@H]2c1ccccc1OC. The van der Waals surface area contributed by atoms with Crippen LogP contribution in [0.5, 0.6) is 5.75 Å². The summed E-state index contributed by atoms with van der Waals surface area (Å²) in [5, 5.41) is 3.24. The van der Waals surface area contributed by atoms with E-state index in [9.17, 15) is 14.4 Å². The topological polar surface area (TPSA) is 90.9 Å². The average Bonchev–Trinajstić information content (AvgIpc) is 2.71. The van der Waals surface area contributed by atoms with Gasteiger partial charge < -0.3 is 19.5 Å². The van der Waals surface area contributed by atoms with Gasteiger partial charge in [-0.05, 0) is 39.2 Å². The van der Waals surface area contributed by atoms with Crippen molar-refractivity contribution >= 4 is 17.7 Å². The van der Waals surface area contributed by atoms with Crippen molar-refractivity contribution in [3.63, 3.8) is 0 Å². The van der Waals surface area contributed by atoms with Crippen LogP contribution in [0.25, 0.3) is 0 Å². The summed E-state index contributed by atoms with van der Waals surface area (Å²) in [5.41, 5.74) is 2.73. The molecule has 166 valence electrons. The molecule has 0 radical (unpaired) electrons. The lowest BCUT2D eigenvalue weighted by molar-refractivity contribution is -0.151. The predicted octanol–water partition coefficient (Wildman–Crippen LogP) is 3.26. The molecule has 0 bridgehead atoms. The van der Waals surface area contributed by atoms with Crippen LogP contribution >= 0.6 is 0 Å². The number of para-hydroxylation sites is 1. The number of dihydropyridines is 1. The number of carbonyl (C=O) groups excluding carboxylic acids is 3. The molecule has 3 rings (SSSR count). The zero-order valence-electron chi connectivity index (χ0n) is 18.8. The Morgan fingerprint density at radius 1 is 1.16 bits per heavy atom. The van der Waals surface area contributed by atoms with E-state index in [4.69, 9.17) is 14.2 Å². The minimum atomic E-state index is -0.927. The van der Waals surface area contributed by atoms with Crippen LogP contribution in [0.1, 0.15) is 45.6 Å². The Morgan fingerprint density at radius 2 is 1.84 bits per heavy atom. The molecule has 0 amide bonds. The van der Waals surface area contributed by atoms with Crippen LogP contribution in [0, 0.1) is 11.8 Å². The van der Waals surface area contributed by atoms with Gasteiger partial charge in [0.15, 0.2) is 5.78 Å². The van der Waals surface area contributed by atoms with Crippen LogP contribution in [0.4, 0.5) is 0 Å². The summed E-state index contributed by atoms with van der Waals surface area (Å²) in [4.78, 5) is 39.2. The van der Waals surface area contributed by atoms with Crippen LogP contribution < -0.4 is 10.1 Å². The van der Waals surface area contributed by atoms with Gasteiger partial charge in [0.25, 0.3) is 0 Å². The van der Waals surface area contributed by atoms with Crippen LogP contribution in [0.2, 0.25) is 0 Å². The minimum absolute atomic E-state index is 0.235. The number of nitrogens with one attached hydrogen (secondary N) is 1. The molecule has 0 saturated carbocycles. The second-order valence-corrected chi connectivity index (χ2v) is 8.23. The largest absolute Gasteiger partial charge is 0.496 e. The Morgan fingerprint density at radius 3 is 2.45 bits per heavy atom. The smallest absolute Gasteiger partial charge is 0.337 e. The highest BCUT2D eigenvalue weighted by Gasteiger charge is 2.47. The van der Waals surface area contributed by atoms with Crippen LogP contribution in [-0.2, 0) is 23.9 Å². The lowest BCUT2D eigenvalue weighted by Crippen LogP contribution is -2.43. The molecule has 3 atom stereocenters. The maximum Gasteiger partial charge on any atom is 0.337 e. The number of benzene rings is 1. The summed E-state index contributed by atoms with van der Waals surface area (Å²) in [6.07, 6.45) is 0.155. The van der Waals surface area contributed by atoms with Gasteiger partial charge in [0.1, 0.15) is 11.7 Å². The highest BCUT2D eigenvalue weighted by atomic mass is 16.5. The van der Waals surface area contributed by atoms with Crippen molar-refractivity contribution in [1.82, 2.24) is 5.32 Å². The highest BCUT2D eigenvalue weighted by molar-refractivity contribution is 6.12. The molecular weight excluding hydrogens is 398 g/mol. The molecule has 31 heavy (non-hydrogen) atoms. The van der Waals surface area contributed by atoms with Crippen LogP contribution in [-0.4, -0.2) is 38.0 Å². The molecule has 0 aromatic heterocycles. The number of rotatable bonds is 5. The van der Waals surface area contributed by atoms with E-state index < -0.39 is 23.8 Å². The first-order chi connectivity index (χ1) is 14.7. The second-order valence-electron chi connectivity index (χ2n) is 8.23. The summed E-state index contributed by atoms with van der Waals surface area (Å²) in [7, 11) is 2.82. The quantitative estimate of drug-likeness (QED) is 0.570. The van der Waals surface area contributed by atoms with Crippen molar-refractivity contribution in [1.29, 1.82) is 0 Å². The summed E-state index contributed by atoms with van der Waals surface area (Å²) in [6.45, 7) is 7.19. The van der Waals surface area contributed by atoms with Gasteiger partial charge in [0.05, 0.1) is 31.8 Å². The number of methoxy groups -OCH3 is 2. The van der Waals surface area contributed by atoms with E-state index in [1.165, 1.54) is 7.11 Å². The van der Waals surface area contributed by atoms with Gasteiger partial charge in [-0.15, -0.1) is 0 Å². The fourth-order valence-corrected chi connectivity index (χ4v) is 4.44. The van der Waals surface area contributed by atoms with Crippen LogP contribution in [0.15, 0.2) is 46.8 Å². The molecular formula is C24H29NO6. The Bertz CT molecular complexity index is 974. The maximum atomic E-state index is 13.6. The van der Waals surface area contributed by atoms with Crippen molar-refractivity contribution in [3.8, 4) is 5.75 Å². The monoisotopic (exact) mass is 427 g/mol. The fourth-order valence-electron chi connectivity index (χ4n) is 4.44. The number of esters is 2. The van der Waals surface area contributed by atoms with Gasteiger partial charge in [-0.3, -0.25) is 9.59 Å². The lowest BCUT2D eigenvalue weighted by atomic mass is 9.69. The third kappa shape index (κ3) is 4.09. The number of Topliss-reactive ketones (excluding diaryl/α,β-unsaturated/α-hetero) is 1. The number of hydrogen-bond acceptors (Lipinski definition) is 7. The van der Waals surface area contributed by atoms with Crippen molar-refractivity contribution in [3.05, 3.63) is 52.4 Å². The normalized spacial score (nSPS) is 23.3. The first-order valence-corrected chi connectivity index (χ1v) is 10.4. The van der Waals surface area contributed by atoms with E-state index >= 15 is 0 Å². The van der Waals surface area contributed by atoms with E-state index in [2.05, 4.69) is 5.32 Å². The van der Waals surface area contributed by atoms with Crippen molar-refractivity contribution in [2.24, 2.45) is 11.8 Å². The second kappa shape index (κ2) is 8.96. The summed E-state index contributed by atoms with van der Waals surface area (Å²) >= 11 is 0. The molecule has 0 fully saturated rings. The molecule has 7 heteroatoms. The van der Waals surface area contributed by atoms with Gasteiger partial charge in [-0.2, -0.15) is 0 Å². The van der Waals surface area contributed by atoms with E-state index in [0.29, 0.717) is 40.3 Å². The van der Waals surface area contributed by atoms with Gasteiger partial charge >= 0.3 is 11.9 Å².